The summed E-state index contributed by atoms with van der Waals surface area (Å²) in [6, 6.07) is 14.6. The van der Waals surface area contributed by atoms with E-state index in [0.717, 1.165) is 108 Å². The van der Waals surface area contributed by atoms with E-state index in [1.807, 2.05) is 62.2 Å². The fourth-order valence-electron chi connectivity index (χ4n) is 8.43. The molecule has 1 amide bonds. The molecule has 1 spiro atoms. The first-order valence-corrected chi connectivity index (χ1v) is 19.7. The van der Waals surface area contributed by atoms with Crippen molar-refractivity contribution in [2.24, 2.45) is 5.41 Å². The molecule has 1 N–H and O–H groups in total. The van der Waals surface area contributed by atoms with Gasteiger partial charge in [-0.25, -0.2) is 4.79 Å². The number of piperidine rings is 2. The van der Waals surface area contributed by atoms with Crippen LogP contribution in [0.4, 0.5) is 10.6 Å². The van der Waals surface area contributed by atoms with E-state index < -0.39 is 5.60 Å². The van der Waals surface area contributed by atoms with E-state index in [4.69, 9.17) is 28.9 Å². The maximum Gasteiger partial charge on any atom is 0.410 e. The summed E-state index contributed by atoms with van der Waals surface area (Å²) in [6.07, 6.45) is 7.18. The zero-order valence-corrected chi connectivity index (χ0v) is 33.5. The topological polar surface area (TPSA) is 118 Å². The Morgan fingerprint density at radius 3 is 2.50 bits per heavy atom. The highest BCUT2D eigenvalue weighted by atomic mass is 16.6. The number of rotatable bonds is 9. The number of likely N-dealkylation sites (tertiary alicyclic amines) is 2. The Morgan fingerprint density at radius 1 is 1.02 bits per heavy atom. The Morgan fingerprint density at radius 2 is 1.79 bits per heavy atom. The molecule has 5 aromatic rings. The minimum Gasteiger partial charge on any atom is -0.497 e. The first-order chi connectivity index (χ1) is 26.9. The molecule has 0 radical (unpaired) electrons. The number of hydrogen-bond donors (Lipinski definition) is 1. The molecule has 12 heteroatoms. The monoisotopic (exact) mass is 759 g/mol. The fraction of sp³-hybridized carbons (Fsp3) is 0.455. The Hall–Kier alpha value is -5.36. The summed E-state index contributed by atoms with van der Waals surface area (Å²) in [5, 5.41) is 9.42. The molecular formula is C44H53N7O5. The number of nitrogens with zero attached hydrogens (tertiary/aromatic N) is 6. The van der Waals surface area contributed by atoms with E-state index in [1.54, 1.807) is 7.11 Å². The molecule has 3 fully saturated rings. The number of amides is 1. The number of nitrogens with one attached hydrogen (secondary N) is 1. The fourth-order valence-corrected chi connectivity index (χ4v) is 8.43. The van der Waals surface area contributed by atoms with Crippen LogP contribution in [-0.4, -0.2) is 101 Å². The van der Waals surface area contributed by atoms with Gasteiger partial charge < -0.3 is 33.6 Å². The minimum atomic E-state index is -0.519. The van der Waals surface area contributed by atoms with Crippen LogP contribution in [0.3, 0.4) is 0 Å². The van der Waals surface area contributed by atoms with Crippen molar-refractivity contribution in [1.82, 2.24) is 30.0 Å². The van der Waals surface area contributed by atoms with E-state index >= 15 is 0 Å². The molecule has 0 saturated carbocycles. The molecule has 2 aromatic heterocycles. The Balaban J connectivity index is 1.23. The van der Waals surface area contributed by atoms with Crippen LogP contribution in [0.15, 0.2) is 55.2 Å². The molecule has 8 rings (SSSR count). The van der Waals surface area contributed by atoms with Crippen molar-refractivity contribution in [2.45, 2.75) is 71.7 Å². The van der Waals surface area contributed by atoms with Gasteiger partial charge >= 0.3 is 12.1 Å². The number of anilines is 1. The largest absolute Gasteiger partial charge is 0.497 e. The second-order valence-corrected chi connectivity index (χ2v) is 16.8. The number of H-pyrrole nitrogens is 1. The van der Waals surface area contributed by atoms with Crippen molar-refractivity contribution >= 4 is 39.8 Å². The van der Waals surface area contributed by atoms with Crippen LogP contribution in [-0.2, 0) is 11.3 Å². The molecule has 0 atom stereocenters. The summed E-state index contributed by atoms with van der Waals surface area (Å²) in [6.45, 7) is 17.3. The van der Waals surface area contributed by atoms with Crippen LogP contribution >= 0.6 is 0 Å². The number of hydrogen-bond acceptors (Lipinski definition) is 10. The lowest BCUT2D eigenvalue weighted by atomic mass is 9.72. The third kappa shape index (κ3) is 7.46. The van der Waals surface area contributed by atoms with E-state index in [2.05, 4.69) is 58.7 Å². The van der Waals surface area contributed by atoms with E-state index in [-0.39, 0.29) is 24.2 Å². The van der Waals surface area contributed by atoms with Crippen molar-refractivity contribution in [3.8, 4) is 28.6 Å². The third-order valence-corrected chi connectivity index (χ3v) is 11.5. The summed E-state index contributed by atoms with van der Waals surface area (Å²) in [4.78, 5) is 29.8. The molecule has 294 valence electrons. The highest BCUT2D eigenvalue weighted by molar-refractivity contribution is 6.07. The maximum atomic E-state index is 12.8. The number of benzene rings is 3. The standard InChI is InChI=1S/C44H53N7O5/c1-8-30-23-33-38(39(54-25-29-10-9-11-32(22-29)53-7)37(30)36-28(2)12-13-35-34(36)24-45-48-35)46-41(55-31-14-18-49(6)19-15-31)47-40(33)50-20-16-44(17-21-50)26-51(27-44)42(52)56-43(3,4)5/h8-13,22-24,31H,1,14-21,25-27H2,2-7H3,(H,45,48). The Bertz CT molecular complexity index is 2260. The molecule has 0 bridgehead atoms. The van der Waals surface area contributed by atoms with Gasteiger partial charge in [0.15, 0.2) is 5.75 Å². The lowest BCUT2D eigenvalue weighted by Gasteiger charge is -2.53. The number of aromatic nitrogens is 4. The van der Waals surface area contributed by atoms with Gasteiger partial charge in [-0.3, -0.25) is 5.10 Å². The average Bonchev–Trinajstić information content (AvgIpc) is 3.65. The SMILES string of the molecule is C=Cc1cc2c(N3CCC4(CC3)CN(C(=O)OC(C)(C)C)C4)nc(OC3CCN(C)CC3)nc2c(OCc2cccc(OC)c2)c1-c1c(C)ccc2[nH]ncc12. The predicted molar refractivity (Wildman–Crippen MR) is 220 cm³/mol. The first-order valence-electron chi connectivity index (χ1n) is 19.7. The molecule has 3 aromatic carbocycles. The molecule has 12 nitrogen and oxygen atoms in total. The van der Waals surface area contributed by atoms with Gasteiger partial charge in [0.05, 0.1) is 18.8 Å². The van der Waals surface area contributed by atoms with Crippen LogP contribution in [0, 0.1) is 12.3 Å². The number of carbonyl (C=O) groups is 1. The van der Waals surface area contributed by atoms with Gasteiger partial charge in [0.25, 0.3) is 0 Å². The van der Waals surface area contributed by atoms with Crippen LogP contribution in [0.1, 0.15) is 63.1 Å². The quantitative estimate of drug-likeness (QED) is 0.158. The molecule has 0 unspecified atom stereocenters. The molecule has 3 saturated heterocycles. The lowest BCUT2D eigenvalue weighted by Crippen LogP contribution is -2.62. The molecule has 3 aliphatic heterocycles. The predicted octanol–water partition coefficient (Wildman–Crippen LogP) is 8.02. The van der Waals surface area contributed by atoms with Gasteiger partial charge in [-0.1, -0.05) is 30.9 Å². The molecule has 5 heterocycles. The Kier molecular flexibility index (Phi) is 10.0. The first kappa shape index (κ1) is 37.6. The number of aryl methyl sites for hydroxylation is 1. The zero-order chi connectivity index (χ0) is 39.2. The normalized spacial score (nSPS) is 17.6. The van der Waals surface area contributed by atoms with Gasteiger partial charge in [0, 0.05) is 61.0 Å². The van der Waals surface area contributed by atoms with E-state index in [1.165, 1.54) is 0 Å². The molecule has 0 aliphatic carbocycles. The van der Waals surface area contributed by atoms with Crippen molar-refractivity contribution in [1.29, 1.82) is 0 Å². The van der Waals surface area contributed by atoms with Crippen molar-refractivity contribution in [2.75, 3.05) is 58.3 Å². The van der Waals surface area contributed by atoms with Gasteiger partial charge in [0.2, 0.25) is 0 Å². The maximum absolute atomic E-state index is 12.8. The van der Waals surface area contributed by atoms with E-state index in [9.17, 15) is 4.79 Å². The van der Waals surface area contributed by atoms with Crippen molar-refractivity contribution in [3.05, 3.63) is 71.9 Å². The average molecular weight is 760 g/mol. The summed E-state index contributed by atoms with van der Waals surface area (Å²) in [5.74, 6) is 2.21. The lowest BCUT2D eigenvalue weighted by molar-refractivity contribution is -0.0434. The number of ether oxygens (including phenoxy) is 4. The minimum absolute atomic E-state index is 0.00457. The number of fused-ring (bicyclic) bond motifs is 2. The summed E-state index contributed by atoms with van der Waals surface area (Å²) >= 11 is 0. The molecule has 3 aliphatic rings. The van der Waals surface area contributed by atoms with Gasteiger partial charge in [-0.05, 0) is 107 Å². The number of carbonyl (C=O) groups excluding carboxylic acids is 1. The smallest absolute Gasteiger partial charge is 0.410 e. The van der Waals surface area contributed by atoms with Crippen LogP contribution in [0.5, 0.6) is 17.5 Å². The van der Waals surface area contributed by atoms with Crippen LogP contribution in [0.2, 0.25) is 0 Å². The third-order valence-electron chi connectivity index (χ3n) is 11.5. The van der Waals surface area contributed by atoms with Crippen LogP contribution < -0.4 is 19.1 Å². The van der Waals surface area contributed by atoms with Crippen molar-refractivity contribution < 1.29 is 23.7 Å². The highest BCUT2D eigenvalue weighted by Gasteiger charge is 2.48. The second kappa shape index (κ2) is 14.9. The second-order valence-electron chi connectivity index (χ2n) is 16.8. The van der Waals surface area contributed by atoms with Gasteiger partial charge in [0.1, 0.15) is 35.4 Å². The summed E-state index contributed by atoms with van der Waals surface area (Å²) in [7, 11) is 3.81. The van der Waals surface area contributed by atoms with Gasteiger partial charge in [-0.2, -0.15) is 15.1 Å². The van der Waals surface area contributed by atoms with E-state index in [0.29, 0.717) is 30.4 Å². The van der Waals surface area contributed by atoms with Crippen molar-refractivity contribution in [3.63, 3.8) is 0 Å². The zero-order valence-electron chi connectivity index (χ0n) is 33.5. The highest BCUT2D eigenvalue weighted by Crippen LogP contribution is 2.48. The Labute approximate surface area is 328 Å². The number of methoxy groups -OCH3 is 1. The van der Waals surface area contributed by atoms with Crippen LogP contribution in [0.25, 0.3) is 39.0 Å². The van der Waals surface area contributed by atoms with Gasteiger partial charge in [-0.15, -0.1) is 0 Å². The summed E-state index contributed by atoms with van der Waals surface area (Å²) < 4.78 is 24.9. The summed E-state index contributed by atoms with van der Waals surface area (Å²) in [5.41, 5.74) is 6.00. The number of aromatic amines is 1. The molecule has 56 heavy (non-hydrogen) atoms. The molecular weight excluding hydrogens is 707 g/mol.